The van der Waals surface area contributed by atoms with Crippen molar-refractivity contribution >= 4 is 11.8 Å². The molecule has 13 heavy (non-hydrogen) atoms. The smallest absolute Gasteiger partial charge is 0.159 e. The first-order valence-corrected chi connectivity index (χ1v) is 5.30. The highest BCUT2D eigenvalue weighted by Crippen LogP contribution is 2.20. The zero-order valence-corrected chi connectivity index (χ0v) is 8.98. The molecule has 0 heterocycles. The summed E-state index contributed by atoms with van der Waals surface area (Å²) >= 11 is 1.44. The summed E-state index contributed by atoms with van der Waals surface area (Å²) in [5.74, 6) is 0. The Morgan fingerprint density at radius 2 is 1.69 bits per heavy atom. The van der Waals surface area contributed by atoms with Crippen molar-refractivity contribution in [2.24, 2.45) is 0 Å². The first-order valence-electron chi connectivity index (χ1n) is 4.08. The summed E-state index contributed by atoms with van der Waals surface area (Å²) in [6.07, 6.45) is 1.88. The van der Waals surface area contributed by atoms with Crippen LogP contribution in [0.5, 0.6) is 0 Å². The molecule has 0 N–H and O–H groups in total. The lowest BCUT2D eigenvalue weighted by Crippen LogP contribution is -2.21. The Labute approximate surface area is 83.6 Å². The number of allylic oxidation sites excluding steroid dienone is 1. The maximum Gasteiger partial charge on any atom is 0.159 e. The van der Waals surface area contributed by atoms with Crippen LogP contribution in [0.1, 0.15) is 13.8 Å². The highest BCUT2D eigenvalue weighted by molar-refractivity contribution is 8.02. The number of nitriles is 2. The van der Waals surface area contributed by atoms with E-state index < -0.39 is 0 Å². The summed E-state index contributed by atoms with van der Waals surface area (Å²) in [6.45, 7) is 5.65. The van der Waals surface area contributed by atoms with E-state index in [1.54, 1.807) is 0 Å². The zero-order valence-electron chi connectivity index (χ0n) is 8.16. The highest BCUT2D eigenvalue weighted by Gasteiger charge is 2.10. The van der Waals surface area contributed by atoms with Crippen LogP contribution in [0, 0.1) is 22.7 Å². The fourth-order valence-electron chi connectivity index (χ4n) is 1.02. The summed E-state index contributed by atoms with van der Waals surface area (Å²) in [4.78, 5) is 2.01. The third-order valence-electron chi connectivity index (χ3n) is 1.68. The van der Waals surface area contributed by atoms with Crippen LogP contribution in [0.4, 0.5) is 0 Å². The normalized spacial score (nSPS) is 8.38. The molecule has 0 fully saturated rings. The van der Waals surface area contributed by atoms with Gasteiger partial charge in [-0.05, 0) is 20.1 Å². The molecule has 0 amide bonds. The van der Waals surface area contributed by atoms with Crippen molar-refractivity contribution in [3.05, 3.63) is 10.6 Å². The molecule has 0 saturated heterocycles. The van der Waals surface area contributed by atoms with Crippen LogP contribution < -0.4 is 0 Å². The van der Waals surface area contributed by atoms with E-state index in [-0.39, 0.29) is 5.57 Å². The molecule has 0 aromatic carbocycles. The van der Waals surface area contributed by atoms with Crippen molar-refractivity contribution in [3.8, 4) is 12.1 Å². The molecule has 0 aromatic heterocycles. The van der Waals surface area contributed by atoms with Gasteiger partial charge in [0.1, 0.15) is 12.1 Å². The van der Waals surface area contributed by atoms with Crippen molar-refractivity contribution in [1.29, 1.82) is 10.5 Å². The number of hydrogen-bond donors (Lipinski definition) is 0. The van der Waals surface area contributed by atoms with E-state index in [2.05, 4.69) is 0 Å². The predicted octanol–water partition coefficient (Wildman–Crippen LogP) is 1.95. The molecule has 0 saturated carbocycles. The Bertz CT molecular complexity index is 250. The summed E-state index contributed by atoms with van der Waals surface area (Å²) in [5, 5.41) is 18.2. The molecule has 0 bridgehead atoms. The van der Waals surface area contributed by atoms with E-state index in [0.29, 0.717) is 0 Å². The highest BCUT2D eigenvalue weighted by atomic mass is 32.2. The van der Waals surface area contributed by atoms with E-state index in [9.17, 15) is 0 Å². The Balaban J connectivity index is 4.98. The first-order chi connectivity index (χ1) is 6.24. The Morgan fingerprint density at radius 3 is 1.92 bits per heavy atom. The van der Waals surface area contributed by atoms with Gasteiger partial charge < -0.3 is 4.90 Å². The van der Waals surface area contributed by atoms with Crippen LogP contribution in [-0.4, -0.2) is 24.2 Å². The van der Waals surface area contributed by atoms with Gasteiger partial charge in [-0.2, -0.15) is 10.5 Å². The van der Waals surface area contributed by atoms with E-state index in [1.807, 2.05) is 37.1 Å². The quantitative estimate of drug-likeness (QED) is 0.643. The SMILES string of the molecule is CCN(CC)C(SC)=C(C#N)C#N. The minimum atomic E-state index is 0.205. The molecule has 0 aromatic rings. The third-order valence-corrected chi connectivity index (χ3v) is 2.53. The van der Waals surface area contributed by atoms with Gasteiger partial charge in [-0.1, -0.05) is 0 Å². The van der Waals surface area contributed by atoms with Gasteiger partial charge in [0.25, 0.3) is 0 Å². The minimum absolute atomic E-state index is 0.205. The number of hydrogen-bond acceptors (Lipinski definition) is 4. The van der Waals surface area contributed by atoms with Gasteiger partial charge in [-0.15, -0.1) is 11.8 Å². The van der Waals surface area contributed by atoms with Gasteiger partial charge in [-0.25, -0.2) is 0 Å². The van der Waals surface area contributed by atoms with Crippen molar-refractivity contribution in [1.82, 2.24) is 4.90 Å². The van der Waals surface area contributed by atoms with Crippen LogP contribution >= 0.6 is 11.8 Å². The second-order valence-electron chi connectivity index (χ2n) is 2.28. The Kier molecular flexibility index (Phi) is 5.84. The Hall–Kier alpha value is -1.13. The fourth-order valence-corrected chi connectivity index (χ4v) is 1.83. The first kappa shape index (κ1) is 11.9. The topological polar surface area (TPSA) is 50.8 Å². The molecule has 0 aliphatic heterocycles. The van der Waals surface area contributed by atoms with Gasteiger partial charge >= 0.3 is 0 Å². The second kappa shape index (κ2) is 6.39. The summed E-state index contributed by atoms with van der Waals surface area (Å²) < 4.78 is 0. The van der Waals surface area contributed by atoms with Gasteiger partial charge in [0.15, 0.2) is 5.57 Å². The van der Waals surface area contributed by atoms with Crippen LogP contribution in [0.2, 0.25) is 0 Å². The average molecular weight is 195 g/mol. The Morgan fingerprint density at radius 1 is 1.23 bits per heavy atom. The molecule has 0 rings (SSSR count). The zero-order chi connectivity index (χ0) is 10.3. The second-order valence-corrected chi connectivity index (χ2v) is 3.08. The van der Waals surface area contributed by atoms with E-state index in [1.165, 1.54) is 11.8 Å². The van der Waals surface area contributed by atoms with Crippen molar-refractivity contribution in [2.75, 3.05) is 19.3 Å². The molecule has 0 aliphatic rings. The van der Waals surface area contributed by atoms with Crippen molar-refractivity contribution in [2.45, 2.75) is 13.8 Å². The molecule has 70 valence electrons. The fraction of sp³-hybridized carbons (Fsp3) is 0.556. The van der Waals surface area contributed by atoms with Crippen molar-refractivity contribution in [3.63, 3.8) is 0 Å². The maximum absolute atomic E-state index is 8.70. The summed E-state index contributed by atoms with van der Waals surface area (Å²) in [5.41, 5.74) is 0.205. The van der Waals surface area contributed by atoms with Gasteiger partial charge in [0, 0.05) is 13.1 Å². The van der Waals surface area contributed by atoms with Gasteiger partial charge in [0.2, 0.25) is 0 Å². The molecular weight excluding hydrogens is 182 g/mol. The lowest BCUT2D eigenvalue weighted by atomic mass is 10.3. The summed E-state index contributed by atoms with van der Waals surface area (Å²) in [6, 6.07) is 3.82. The molecular formula is C9H13N3S. The van der Waals surface area contributed by atoms with Crippen LogP contribution in [-0.2, 0) is 0 Å². The molecule has 0 unspecified atom stereocenters. The molecule has 0 atom stereocenters. The molecule has 0 spiro atoms. The van der Waals surface area contributed by atoms with Crippen molar-refractivity contribution < 1.29 is 0 Å². The molecule has 4 heteroatoms. The standard InChI is InChI=1S/C9H13N3S/c1-4-12(5-2)9(13-3)8(6-10)7-11/h4-5H2,1-3H3. The number of nitrogens with zero attached hydrogens (tertiary/aromatic N) is 3. The van der Waals surface area contributed by atoms with Gasteiger partial charge in [0.05, 0.1) is 5.03 Å². The molecule has 3 nitrogen and oxygen atoms in total. The lowest BCUT2D eigenvalue weighted by Gasteiger charge is -2.22. The third kappa shape index (κ3) is 3.01. The molecule has 0 aliphatic carbocycles. The predicted molar refractivity (Wildman–Crippen MR) is 54.7 cm³/mol. The van der Waals surface area contributed by atoms with Crippen LogP contribution in [0.15, 0.2) is 10.6 Å². The van der Waals surface area contributed by atoms with E-state index in [0.717, 1.165) is 18.1 Å². The monoisotopic (exact) mass is 195 g/mol. The lowest BCUT2D eigenvalue weighted by molar-refractivity contribution is 0.407. The number of rotatable bonds is 4. The summed E-state index contributed by atoms with van der Waals surface area (Å²) in [7, 11) is 0. The largest absolute Gasteiger partial charge is 0.365 e. The van der Waals surface area contributed by atoms with E-state index >= 15 is 0 Å². The minimum Gasteiger partial charge on any atom is -0.365 e. The van der Waals surface area contributed by atoms with Crippen LogP contribution in [0.25, 0.3) is 0 Å². The maximum atomic E-state index is 8.70. The number of thioether (sulfide) groups is 1. The van der Waals surface area contributed by atoms with E-state index in [4.69, 9.17) is 10.5 Å². The van der Waals surface area contributed by atoms with Gasteiger partial charge in [-0.3, -0.25) is 0 Å². The van der Waals surface area contributed by atoms with Crippen LogP contribution in [0.3, 0.4) is 0 Å². The average Bonchev–Trinajstić information content (AvgIpc) is 2.18. The molecule has 0 radical (unpaired) electrons.